The molecule has 0 N–H and O–H groups in total. The summed E-state index contributed by atoms with van der Waals surface area (Å²) in [4.78, 5) is 0. The number of benzene rings is 2. The monoisotopic (exact) mass is 318 g/mol. The number of hydrogen-bond acceptors (Lipinski definition) is 0. The van der Waals surface area contributed by atoms with E-state index >= 15 is 0 Å². The molecule has 0 aromatic heterocycles. The zero-order valence-corrected chi connectivity index (χ0v) is 12.1. The second-order valence-electron chi connectivity index (χ2n) is 4.35. The summed E-state index contributed by atoms with van der Waals surface area (Å²) in [6, 6.07) is 8.98. The lowest BCUT2D eigenvalue weighted by molar-refractivity contribution is -0.138. The fourth-order valence-corrected chi connectivity index (χ4v) is 2.57. The molecule has 0 aliphatic rings. The van der Waals surface area contributed by atoms with Crippen LogP contribution in [0.1, 0.15) is 18.1 Å². The lowest BCUT2D eigenvalue weighted by Crippen LogP contribution is -2.08. The number of alkyl halides is 3. The molecule has 106 valence electrons. The van der Waals surface area contributed by atoms with E-state index in [0.717, 1.165) is 6.07 Å². The topological polar surface area (TPSA) is 0 Å². The van der Waals surface area contributed by atoms with E-state index < -0.39 is 11.7 Å². The van der Waals surface area contributed by atoms with Gasteiger partial charge in [0.25, 0.3) is 0 Å². The standard InChI is InChI=1S/C15H11Cl2F3/c1-2-9-7-10(3-6-13(9)15(18,19)20)12-5-4-11(16)8-14(12)17/h3-8H,2H2,1H3. The van der Waals surface area contributed by atoms with Crippen LogP contribution in [0.4, 0.5) is 13.2 Å². The maximum Gasteiger partial charge on any atom is 0.416 e. The van der Waals surface area contributed by atoms with Gasteiger partial charge in [-0.3, -0.25) is 0 Å². The smallest absolute Gasteiger partial charge is 0.166 e. The summed E-state index contributed by atoms with van der Waals surface area (Å²) in [5.41, 5.74) is 0.964. The summed E-state index contributed by atoms with van der Waals surface area (Å²) in [5, 5.41) is 0.903. The first-order valence-electron chi connectivity index (χ1n) is 5.98. The highest BCUT2D eigenvalue weighted by atomic mass is 35.5. The van der Waals surface area contributed by atoms with Crippen molar-refractivity contribution in [2.45, 2.75) is 19.5 Å². The molecule has 0 bridgehead atoms. The van der Waals surface area contributed by atoms with Crippen molar-refractivity contribution in [3.05, 3.63) is 57.6 Å². The summed E-state index contributed by atoms with van der Waals surface area (Å²) in [5.74, 6) is 0. The minimum Gasteiger partial charge on any atom is -0.166 e. The van der Waals surface area contributed by atoms with Crippen molar-refractivity contribution in [2.24, 2.45) is 0 Å². The molecule has 0 aliphatic heterocycles. The number of rotatable bonds is 2. The summed E-state index contributed by atoms with van der Waals surface area (Å²) >= 11 is 11.9. The maximum absolute atomic E-state index is 12.9. The van der Waals surface area contributed by atoms with Crippen molar-refractivity contribution < 1.29 is 13.2 Å². The van der Waals surface area contributed by atoms with E-state index in [-0.39, 0.29) is 5.56 Å². The van der Waals surface area contributed by atoms with E-state index in [1.807, 2.05) is 0 Å². The van der Waals surface area contributed by atoms with E-state index in [1.165, 1.54) is 12.1 Å². The molecule has 0 saturated heterocycles. The molecule has 5 heteroatoms. The predicted molar refractivity (Wildman–Crippen MR) is 76.3 cm³/mol. The third kappa shape index (κ3) is 3.10. The summed E-state index contributed by atoms with van der Waals surface area (Å²) in [7, 11) is 0. The Morgan fingerprint density at radius 2 is 1.70 bits per heavy atom. The van der Waals surface area contributed by atoms with E-state index in [1.54, 1.807) is 25.1 Å². The van der Waals surface area contributed by atoms with Gasteiger partial charge in [-0.25, -0.2) is 0 Å². The summed E-state index contributed by atoms with van der Waals surface area (Å²) in [6.07, 6.45) is -4.04. The van der Waals surface area contributed by atoms with Gasteiger partial charge in [0.05, 0.1) is 5.56 Å². The Morgan fingerprint density at radius 3 is 2.25 bits per heavy atom. The second kappa shape index (κ2) is 5.66. The molecule has 0 heterocycles. The van der Waals surface area contributed by atoms with Crippen LogP contribution in [-0.4, -0.2) is 0 Å². The molecule has 2 aromatic rings. The van der Waals surface area contributed by atoms with E-state index in [2.05, 4.69) is 0 Å². The highest BCUT2D eigenvalue weighted by molar-refractivity contribution is 6.36. The van der Waals surface area contributed by atoms with Crippen molar-refractivity contribution >= 4 is 23.2 Å². The molecule has 2 rings (SSSR count). The first-order chi connectivity index (χ1) is 9.32. The van der Waals surface area contributed by atoms with Gasteiger partial charge in [-0.2, -0.15) is 13.2 Å². The number of hydrogen-bond donors (Lipinski definition) is 0. The maximum atomic E-state index is 12.9. The van der Waals surface area contributed by atoms with Crippen molar-refractivity contribution in [3.63, 3.8) is 0 Å². The molecule has 0 saturated carbocycles. The molecular weight excluding hydrogens is 308 g/mol. The average molecular weight is 319 g/mol. The summed E-state index contributed by atoms with van der Waals surface area (Å²) < 4.78 is 38.6. The van der Waals surface area contributed by atoms with Gasteiger partial charge in [-0.1, -0.05) is 48.3 Å². The average Bonchev–Trinajstić information content (AvgIpc) is 2.37. The van der Waals surface area contributed by atoms with Crippen molar-refractivity contribution in [3.8, 4) is 11.1 Å². The Balaban J connectivity index is 2.54. The van der Waals surface area contributed by atoms with Gasteiger partial charge in [0.2, 0.25) is 0 Å². The van der Waals surface area contributed by atoms with Gasteiger partial charge in [0.15, 0.2) is 0 Å². The third-order valence-electron chi connectivity index (χ3n) is 3.03. The molecule has 0 nitrogen and oxygen atoms in total. The second-order valence-corrected chi connectivity index (χ2v) is 5.19. The molecule has 0 aliphatic carbocycles. The van der Waals surface area contributed by atoms with Crippen LogP contribution in [0.5, 0.6) is 0 Å². The van der Waals surface area contributed by atoms with Crippen LogP contribution in [-0.2, 0) is 12.6 Å². The van der Waals surface area contributed by atoms with E-state index in [0.29, 0.717) is 27.6 Å². The highest BCUT2D eigenvalue weighted by Crippen LogP contribution is 2.36. The number of aryl methyl sites for hydroxylation is 1. The van der Waals surface area contributed by atoms with Crippen LogP contribution in [0.3, 0.4) is 0 Å². The Labute approximate surface area is 125 Å². The Morgan fingerprint density at radius 1 is 1.00 bits per heavy atom. The van der Waals surface area contributed by atoms with Crippen molar-refractivity contribution in [1.29, 1.82) is 0 Å². The zero-order chi connectivity index (χ0) is 14.9. The number of halogens is 5. The lowest BCUT2D eigenvalue weighted by atomic mass is 9.97. The van der Waals surface area contributed by atoms with Crippen LogP contribution in [0.15, 0.2) is 36.4 Å². The molecule has 2 aromatic carbocycles. The molecule has 0 fully saturated rings. The first-order valence-corrected chi connectivity index (χ1v) is 6.74. The largest absolute Gasteiger partial charge is 0.416 e. The zero-order valence-electron chi connectivity index (χ0n) is 10.6. The van der Waals surface area contributed by atoms with Crippen LogP contribution >= 0.6 is 23.2 Å². The van der Waals surface area contributed by atoms with Crippen molar-refractivity contribution in [1.82, 2.24) is 0 Å². The quantitative estimate of drug-likeness (QED) is 0.614. The first kappa shape index (κ1) is 15.2. The fraction of sp³-hybridized carbons (Fsp3) is 0.200. The molecule has 20 heavy (non-hydrogen) atoms. The highest BCUT2D eigenvalue weighted by Gasteiger charge is 2.32. The Hall–Kier alpha value is -1.19. The molecular formula is C15H11Cl2F3. The van der Waals surface area contributed by atoms with Crippen LogP contribution in [0.25, 0.3) is 11.1 Å². The van der Waals surface area contributed by atoms with Gasteiger partial charge < -0.3 is 0 Å². The van der Waals surface area contributed by atoms with E-state index in [9.17, 15) is 13.2 Å². The van der Waals surface area contributed by atoms with Crippen LogP contribution in [0.2, 0.25) is 10.0 Å². The predicted octanol–water partition coefficient (Wildman–Crippen LogP) is 6.24. The minimum atomic E-state index is -4.34. The molecule has 0 unspecified atom stereocenters. The van der Waals surface area contributed by atoms with Crippen LogP contribution < -0.4 is 0 Å². The molecule has 0 atom stereocenters. The summed E-state index contributed by atoms with van der Waals surface area (Å²) in [6.45, 7) is 1.69. The van der Waals surface area contributed by atoms with E-state index in [4.69, 9.17) is 23.2 Å². The van der Waals surface area contributed by atoms with Gasteiger partial charge in [0.1, 0.15) is 0 Å². The van der Waals surface area contributed by atoms with Gasteiger partial charge >= 0.3 is 6.18 Å². The molecule has 0 radical (unpaired) electrons. The lowest BCUT2D eigenvalue weighted by Gasteiger charge is -2.14. The molecule has 0 spiro atoms. The Bertz CT molecular complexity index is 634. The van der Waals surface area contributed by atoms with Crippen LogP contribution in [0, 0.1) is 0 Å². The Kier molecular flexibility index (Phi) is 4.31. The van der Waals surface area contributed by atoms with Gasteiger partial charge in [-0.05, 0) is 35.7 Å². The fourth-order valence-electron chi connectivity index (χ4n) is 2.05. The molecule has 0 amide bonds. The van der Waals surface area contributed by atoms with Crippen molar-refractivity contribution in [2.75, 3.05) is 0 Å². The van der Waals surface area contributed by atoms with Gasteiger partial charge in [-0.15, -0.1) is 0 Å². The minimum absolute atomic E-state index is 0.251. The third-order valence-corrected chi connectivity index (χ3v) is 3.58. The van der Waals surface area contributed by atoms with Gasteiger partial charge in [0, 0.05) is 15.6 Å². The normalized spacial score (nSPS) is 11.7. The SMILES string of the molecule is CCc1cc(-c2ccc(Cl)cc2Cl)ccc1C(F)(F)F.